The van der Waals surface area contributed by atoms with Crippen LogP contribution in [0.25, 0.3) is 9.40 Å². The van der Waals surface area contributed by atoms with Crippen molar-refractivity contribution in [2.24, 2.45) is 0 Å². The number of aryl methyl sites for hydroxylation is 1. The van der Waals surface area contributed by atoms with E-state index in [1.165, 1.54) is 70.1 Å². The molecule has 0 N–H and O–H groups in total. The van der Waals surface area contributed by atoms with Crippen molar-refractivity contribution >= 4 is 48.0 Å². The molecule has 0 aromatic carbocycles. The van der Waals surface area contributed by atoms with Crippen molar-refractivity contribution in [3.05, 3.63) is 20.8 Å². The first-order valence-electron chi connectivity index (χ1n) is 6.89. The molecule has 0 aliphatic heterocycles. The van der Waals surface area contributed by atoms with Crippen molar-refractivity contribution in [2.45, 2.75) is 58.3 Å². The van der Waals surface area contributed by atoms with Crippen LogP contribution in [0.1, 0.15) is 57.4 Å². The zero-order valence-electron chi connectivity index (χ0n) is 11.9. The Hall–Kier alpha value is 0.737. The summed E-state index contributed by atoms with van der Waals surface area (Å²) in [7, 11) is 0. The fraction of sp³-hybridized carbons (Fsp3) is 0.600. The second-order valence-electron chi connectivity index (χ2n) is 4.78. The molecule has 100 valence electrons. The van der Waals surface area contributed by atoms with Gasteiger partial charge in [0.1, 0.15) is 0 Å². The normalized spacial score (nSPS) is 10.8. The average Bonchev–Trinajstić information content (AvgIpc) is 2.90. The quantitative estimate of drug-likeness (QED) is 0.385. The largest absolute Gasteiger partial charge is 1.00 e. The molecule has 0 radical (unpaired) electrons. The molecule has 0 aliphatic carbocycles. The van der Waals surface area contributed by atoms with Gasteiger partial charge in [-0.3, -0.25) is 11.3 Å². The van der Waals surface area contributed by atoms with Crippen LogP contribution in [0.15, 0.2) is 9.85 Å². The summed E-state index contributed by atoms with van der Waals surface area (Å²) in [5.41, 5.74) is 1.52. The van der Waals surface area contributed by atoms with Crippen LogP contribution in [0.3, 0.4) is 0 Å². The fourth-order valence-corrected chi connectivity index (χ4v) is 5.34. The number of unbranched alkanes of at least 4 members (excludes halogenated alkanes) is 6. The second kappa shape index (κ2) is 9.63. The minimum absolute atomic E-state index is 0. The van der Waals surface area contributed by atoms with Gasteiger partial charge < -0.3 is 0 Å². The summed E-state index contributed by atoms with van der Waals surface area (Å²) >= 11 is 7.32. The third kappa shape index (κ3) is 5.21. The van der Waals surface area contributed by atoms with Gasteiger partial charge >= 0.3 is 18.9 Å². The third-order valence-electron chi connectivity index (χ3n) is 3.32. The number of rotatable bonds is 8. The maximum absolute atomic E-state index is 3.70. The molecule has 2 aromatic rings. The summed E-state index contributed by atoms with van der Waals surface area (Å²) in [4.78, 5) is 0. The van der Waals surface area contributed by atoms with Crippen LogP contribution >= 0.6 is 38.6 Å². The molecule has 0 bridgehead atoms. The van der Waals surface area contributed by atoms with Gasteiger partial charge in [0.2, 0.25) is 0 Å². The van der Waals surface area contributed by atoms with Crippen LogP contribution in [-0.4, -0.2) is 0 Å². The fourth-order valence-electron chi connectivity index (χ4n) is 2.26. The Kier molecular flexibility index (Phi) is 9.02. The van der Waals surface area contributed by atoms with Gasteiger partial charge in [0.25, 0.3) is 0 Å². The van der Waals surface area contributed by atoms with Crippen molar-refractivity contribution in [3.63, 3.8) is 0 Å². The first kappa shape index (κ1) is 17.8. The predicted octanol–water partition coefficient (Wildman–Crippen LogP) is 3.82. The zero-order valence-corrected chi connectivity index (χ0v) is 15.1. The van der Waals surface area contributed by atoms with Gasteiger partial charge in [-0.25, -0.2) is 11.3 Å². The summed E-state index contributed by atoms with van der Waals surface area (Å²) < 4.78 is 4.19. The molecule has 0 saturated carbocycles. The molecule has 2 aromatic heterocycles. The Labute approximate surface area is 145 Å². The average molecular weight is 351 g/mol. The van der Waals surface area contributed by atoms with E-state index in [9.17, 15) is 0 Å². The molecular weight excluding hydrogens is 331 g/mol. The maximum Gasteiger partial charge on any atom is 1.00 e. The van der Waals surface area contributed by atoms with Crippen molar-refractivity contribution in [3.8, 4) is 0 Å². The Morgan fingerprint density at radius 2 is 1.79 bits per heavy atom. The summed E-state index contributed by atoms with van der Waals surface area (Å²) in [6, 6.07) is 2.11. The Morgan fingerprint density at radius 1 is 1.11 bits per heavy atom. The monoisotopic (exact) mass is 350 g/mol. The number of fused-ring (bicyclic) bond motifs is 1. The molecule has 19 heavy (non-hydrogen) atoms. The van der Waals surface area contributed by atoms with Crippen LogP contribution in [0.5, 0.6) is 0 Å². The first-order valence-corrected chi connectivity index (χ1v) is 9.32. The van der Waals surface area contributed by atoms with E-state index in [2.05, 4.69) is 34.3 Å². The molecule has 0 spiro atoms. The standard InChI is InChI=1S/C15H20BrS2.Li/c1-2-3-4-5-6-7-8-9-12-14-13(10-11-17-14)18-15(12)16;/h10H,2-9H2,1H3;/q-1;+1. The van der Waals surface area contributed by atoms with E-state index in [0.29, 0.717) is 0 Å². The Balaban J connectivity index is 0.00000180. The van der Waals surface area contributed by atoms with Crippen molar-refractivity contribution < 1.29 is 18.9 Å². The van der Waals surface area contributed by atoms with E-state index in [4.69, 9.17) is 0 Å². The molecule has 0 nitrogen and oxygen atoms in total. The SMILES string of the molecule is CCCCCCCCCc1c(Br)sc2c[c-]sc12.[Li+]. The van der Waals surface area contributed by atoms with Crippen LogP contribution in [0, 0.1) is 5.38 Å². The first-order chi connectivity index (χ1) is 8.83. The number of hydrogen-bond donors (Lipinski definition) is 0. The van der Waals surface area contributed by atoms with Crippen LogP contribution in [-0.2, 0) is 6.42 Å². The zero-order chi connectivity index (χ0) is 12.8. The molecule has 4 heteroatoms. The Bertz CT molecular complexity index is 475. The van der Waals surface area contributed by atoms with Crippen LogP contribution in [0.2, 0.25) is 0 Å². The summed E-state index contributed by atoms with van der Waals surface area (Å²) in [5, 5.41) is 3.24. The van der Waals surface area contributed by atoms with Gasteiger partial charge in [-0.1, -0.05) is 57.4 Å². The molecule has 2 heterocycles. The number of halogens is 1. The summed E-state index contributed by atoms with van der Waals surface area (Å²) in [6.07, 6.45) is 10.9. The van der Waals surface area contributed by atoms with E-state index in [1.54, 1.807) is 11.3 Å². The van der Waals surface area contributed by atoms with Crippen LogP contribution < -0.4 is 18.9 Å². The Morgan fingerprint density at radius 3 is 2.53 bits per heavy atom. The molecular formula is C15H20BrLiS2. The van der Waals surface area contributed by atoms with Gasteiger partial charge in [-0.05, 0) is 22.4 Å². The topological polar surface area (TPSA) is 0 Å². The summed E-state index contributed by atoms with van der Waals surface area (Å²) in [6.45, 7) is 2.28. The van der Waals surface area contributed by atoms with Gasteiger partial charge in [0.15, 0.2) is 0 Å². The van der Waals surface area contributed by atoms with Crippen molar-refractivity contribution in [1.82, 2.24) is 0 Å². The third-order valence-corrected chi connectivity index (χ3v) is 6.28. The van der Waals surface area contributed by atoms with Crippen molar-refractivity contribution in [2.75, 3.05) is 0 Å². The van der Waals surface area contributed by atoms with Gasteiger partial charge in [-0.15, -0.1) is 14.8 Å². The molecule has 0 unspecified atom stereocenters. The minimum atomic E-state index is 0. The predicted molar refractivity (Wildman–Crippen MR) is 87.9 cm³/mol. The van der Waals surface area contributed by atoms with E-state index >= 15 is 0 Å². The minimum Gasteiger partial charge on any atom is -0.295 e. The van der Waals surface area contributed by atoms with E-state index in [-0.39, 0.29) is 18.9 Å². The molecule has 2 rings (SSSR count). The van der Waals surface area contributed by atoms with Gasteiger partial charge in [0, 0.05) is 3.79 Å². The van der Waals surface area contributed by atoms with Crippen molar-refractivity contribution in [1.29, 1.82) is 0 Å². The van der Waals surface area contributed by atoms with Gasteiger partial charge in [0.05, 0.1) is 0 Å². The molecule has 0 saturated heterocycles. The smallest absolute Gasteiger partial charge is 0.295 e. The number of thiophene rings is 2. The number of hydrogen-bond acceptors (Lipinski definition) is 2. The van der Waals surface area contributed by atoms with E-state index in [1.807, 2.05) is 11.3 Å². The van der Waals surface area contributed by atoms with Gasteiger partial charge in [-0.2, -0.15) is 6.07 Å². The van der Waals surface area contributed by atoms with E-state index in [0.717, 1.165) is 0 Å². The molecule has 0 fully saturated rings. The second-order valence-corrected chi connectivity index (χ2v) is 8.00. The summed E-state index contributed by atoms with van der Waals surface area (Å²) in [5.74, 6) is 0. The molecule has 0 amide bonds. The van der Waals surface area contributed by atoms with E-state index < -0.39 is 0 Å². The maximum atomic E-state index is 3.70. The molecule has 0 atom stereocenters. The molecule has 0 aliphatic rings. The van der Waals surface area contributed by atoms with Crippen LogP contribution in [0.4, 0.5) is 0 Å².